The highest BCUT2D eigenvalue weighted by molar-refractivity contribution is 5.16. The molecular weight excluding hydrogens is 191 g/mol. The van der Waals surface area contributed by atoms with Crippen molar-refractivity contribution in [3.63, 3.8) is 0 Å². The first-order chi connectivity index (χ1) is 7.29. The van der Waals surface area contributed by atoms with Crippen molar-refractivity contribution in [3.05, 3.63) is 35.6 Å². The first-order valence-corrected chi connectivity index (χ1v) is 5.65. The minimum atomic E-state index is -0.192. The molecule has 0 aliphatic heterocycles. The lowest BCUT2D eigenvalue weighted by molar-refractivity contribution is 0.123. The van der Waals surface area contributed by atoms with Gasteiger partial charge >= 0.3 is 0 Å². The highest BCUT2D eigenvalue weighted by atomic mass is 19.1. The predicted molar refractivity (Wildman–Crippen MR) is 58.0 cm³/mol. The van der Waals surface area contributed by atoms with Crippen LogP contribution in [0.1, 0.15) is 24.8 Å². The third kappa shape index (κ3) is 2.57. The van der Waals surface area contributed by atoms with Crippen LogP contribution in [0.5, 0.6) is 0 Å². The van der Waals surface area contributed by atoms with Crippen molar-refractivity contribution < 1.29 is 9.50 Å². The molecule has 0 spiro atoms. The van der Waals surface area contributed by atoms with E-state index >= 15 is 0 Å². The lowest BCUT2D eigenvalue weighted by atomic mass is 9.74. The molecule has 0 amide bonds. The molecule has 1 aliphatic rings. The number of rotatable bonds is 4. The molecule has 82 valence electrons. The van der Waals surface area contributed by atoms with Crippen LogP contribution in [0.4, 0.5) is 4.39 Å². The van der Waals surface area contributed by atoms with Crippen molar-refractivity contribution in [2.24, 2.45) is 11.8 Å². The molecule has 1 N–H and O–H groups in total. The molecule has 0 saturated heterocycles. The molecule has 2 rings (SSSR count). The van der Waals surface area contributed by atoms with E-state index < -0.39 is 0 Å². The Hall–Kier alpha value is -0.890. The summed E-state index contributed by atoms with van der Waals surface area (Å²) < 4.78 is 12.7. The van der Waals surface area contributed by atoms with E-state index in [1.807, 2.05) is 12.1 Å². The van der Waals surface area contributed by atoms with Gasteiger partial charge in [-0.25, -0.2) is 4.39 Å². The maximum absolute atomic E-state index is 12.7. The highest BCUT2D eigenvalue weighted by Crippen LogP contribution is 2.34. The smallest absolute Gasteiger partial charge is 0.123 e. The summed E-state index contributed by atoms with van der Waals surface area (Å²) >= 11 is 0. The molecule has 1 fully saturated rings. The van der Waals surface area contributed by atoms with Crippen LogP contribution in [0.2, 0.25) is 0 Å². The van der Waals surface area contributed by atoms with Crippen LogP contribution in [0.25, 0.3) is 0 Å². The normalized spacial score (nSPS) is 18.5. The summed E-state index contributed by atoms with van der Waals surface area (Å²) in [4.78, 5) is 0. The molecule has 1 saturated carbocycles. The Morgan fingerprint density at radius 2 is 1.93 bits per heavy atom. The summed E-state index contributed by atoms with van der Waals surface area (Å²) in [6, 6.07) is 6.61. The zero-order valence-electron chi connectivity index (χ0n) is 8.82. The minimum Gasteiger partial charge on any atom is -0.396 e. The van der Waals surface area contributed by atoms with Crippen LogP contribution < -0.4 is 0 Å². The van der Waals surface area contributed by atoms with Gasteiger partial charge in [-0.05, 0) is 36.0 Å². The average molecular weight is 208 g/mol. The molecule has 15 heavy (non-hydrogen) atoms. The number of hydrogen-bond donors (Lipinski definition) is 1. The molecule has 1 unspecified atom stereocenters. The maximum atomic E-state index is 12.7. The van der Waals surface area contributed by atoms with Crippen LogP contribution >= 0.6 is 0 Å². The Morgan fingerprint density at radius 3 is 2.40 bits per heavy atom. The molecule has 0 radical (unpaired) electrons. The fraction of sp³-hybridized carbons (Fsp3) is 0.538. The molecule has 1 atom stereocenters. The van der Waals surface area contributed by atoms with Gasteiger partial charge in [0.05, 0.1) is 0 Å². The molecule has 1 aromatic rings. The number of aliphatic hydroxyl groups excluding tert-OH is 1. The van der Waals surface area contributed by atoms with Crippen LogP contribution in [0.15, 0.2) is 24.3 Å². The molecular formula is C13H17FO. The number of benzene rings is 1. The molecule has 1 nitrogen and oxygen atoms in total. The van der Waals surface area contributed by atoms with E-state index in [4.69, 9.17) is 0 Å². The molecule has 0 heterocycles. The second-order valence-electron chi connectivity index (χ2n) is 4.46. The monoisotopic (exact) mass is 208 g/mol. The first-order valence-electron chi connectivity index (χ1n) is 5.65. The third-order valence-corrected chi connectivity index (χ3v) is 3.46. The van der Waals surface area contributed by atoms with E-state index in [-0.39, 0.29) is 12.4 Å². The second-order valence-corrected chi connectivity index (χ2v) is 4.46. The summed E-state index contributed by atoms with van der Waals surface area (Å²) in [5.74, 6) is 0.854. The quantitative estimate of drug-likeness (QED) is 0.806. The Bertz CT molecular complexity index is 303. The van der Waals surface area contributed by atoms with Crippen LogP contribution in [-0.2, 0) is 6.42 Å². The zero-order chi connectivity index (χ0) is 10.7. The molecule has 0 aromatic heterocycles. The second kappa shape index (κ2) is 4.75. The highest BCUT2D eigenvalue weighted by Gasteiger charge is 2.26. The summed E-state index contributed by atoms with van der Waals surface area (Å²) in [6.07, 6.45) is 4.66. The van der Waals surface area contributed by atoms with Crippen molar-refractivity contribution >= 4 is 0 Å². The molecule has 1 aromatic carbocycles. The van der Waals surface area contributed by atoms with Crippen molar-refractivity contribution in [1.82, 2.24) is 0 Å². The van der Waals surface area contributed by atoms with E-state index in [9.17, 15) is 9.50 Å². The largest absolute Gasteiger partial charge is 0.396 e. The Labute approximate surface area is 89.9 Å². The Kier molecular flexibility index (Phi) is 3.37. The van der Waals surface area contributed by atoms with E-state index in [0.717, 1.165) is 12.0 Å². The molecule has 2 heteroatoms. The van der Waals surface area contributed by atoms with Gasteiger partial charge in [0.2, 0.25) is 0 Å². The minimum absolute atomic E-state index is 0.192. The first kappa shape index (κ1) is 10.6. The zero-order valence-corrected chi connectivity index (χ0v) is 8.82. The topological polar surface area (TPSA) is 20.2 Å². The maximum Gasteiger partial charge on any atom is 0.123 e. The van der Waals surface area contributed by atoms with Crippen molar-refractivity contribution in [2.45, 2.75) is 25.7 Å². The number of aliphatic hydroxyl groups is 1. The third-order valence-electron chi connectivity index (χ3n) is 3.46. The number of hydrogen-bond acceptors (Lipinski definition) is 1. The predicted octanol–water partition coefficient (Wildman–Crippen LogP) is 2.78. The summed E-state index contributed by atoms with van der Waals surface area (Å²) in [7, 11) is 0. The van der Waals surface area contributed by atoms with Gasteiger partial charge in [-0.3, -0.25) is 0 Å². The lowest BCUT2D eigenvalue weighted by Crippen LogP contribution is -2.26. The Balaban J connectivity index is 1.96. The fourth-order valence-electron chi connectivity index (χ4n) is 2.21. The summed E-state index contributed by atoms with van der Waals surface area (Å²) in [6.45, 7) is 0.252. The average Bonchev–Trinajstić information content (AvgIpc) is 2.17. The van der Waals surface area contributed by atoms with Crippen LogP contribution in [0.3, 0.4) is 0 Å². The van der Waals surface area contributed by atoms with Crippen molar-refractivity contribution in [2.75, 3.05) is 6.61 Å². The van der Waals surface area contributed by atoms with Crippen molar-refractivity contribution in [3.8, 4) is 0 Å². The van der Waals surface area contributed by atoms with Crippen molar-refractivity contribution in [1.29, 1.82) is 0 Å². The standard InChI is InChI=1S/C13H17FO/c14-13-6-4-10(5-7-13)8-12(9-15)11-2-1-3-11/h4-7,11-12,15H,1-3,8-9H2. The fourth-order valence-corrected chi connectivity index (χ4v) is 2.21. The SMILES string of the molecule is OCC(Cc1ccc(F)cc1)C1CCC1. The van der Waals surface area contributed by atoms with E-state index in [2.05, 4.69) is 0 Å². The van der Waals surface area contributed by atoms with Gasteiger partial charge in [0.1, 0.15) is 5.82 Å². The van der Waals surface area contributed by atoms with Gasteiger partial charge in [0, 0.05) is 6.61 Å². The summed E-state index contributed by atoms with van der Waals surface area (Å²) in [5, 5.41) is 9.30. The molecule has 0 bridgehead atoms. The van der Waals surface area contributed by atoms with Gasteiger partial charge in [-0.1, -0.05) is 31.4 Å². The lowest BCUT2D eigenvalue weighted by Gasteiger charge is -2.32. The van der Waals surface area contributed by atoms with Gasteiger partial charge in [0.25, 0.3) is 0 Å². The van der Waals surface area contributed by atoms with Crippen LogP contribution in [0, 0.1) is 17.7 Å². The van der Waals surface area contributed by atoms with E-state index in [1.165, 1.54) is 31.4 Å². The van der Waals surface area contributed by atoms with Gasteiger partial charge in [-0.15, -0.1) is 0 Å². The van der Waals surface area contributed by atoms with Crippen LogP contribution in [-0.4, -0.2) is 11.7 Å². The summed E-state index contributed by atoms with van der Waals surface area (Å²) in [5.41, 5.74) is 1.13. The molecule has 1 aliphatic carbocycles. The van der Waals surface area contributed by atoms with Gasteiger partial charge < -0.3 is 5.11 Å². The van der Waals surface area contributed by atoms with Gasteiger partial charge in [0.15, 0.2) is 0 Å². The van der Waals surface area contributed by atoms with E-state index in [0.29, 0.717) is 11.8 Å². The number of halogens is 1. The van der Waals surface area contributed by atoms with Gasteiger partial charge in [-0.2, -0.15) is 0 Å². The Morgan fingerprint density at radius 1 is 1.27 bits per heavy atom. The van der Waals surface area contributed by atoms with E-state index in [1.54, 1.807) is 0 Å².